The molecule has 3 aromatic rings. The van der Waals surface area contributed by atoms with Crippen LogP contribution in [0.2, 0.25) is 0 Å². The number of rotatable bonds is 63. The van der Waals surface area contributed by atoms with Crippen LogP contribution in [0.1, 0.15) is 230 Å². The maximum absolute atomic E-state index is 15.4. The number of para-hydroxylation sites is 1. The number of nitrogens with zero attached hydrogens (tertiary/aromatic N) is 4. The number of allylic oxidation sites excluding steroid dienone is 1. The number of piperazine rings is 1. The van der Waals surface area contributed by atoms with Crippen molar-refractivity contribution in [3.05, 3.63) is 83.7 Å². The van der Waals surface area contributed by atoms with E-state index >= 15 is 14.4 Å². The molecular weight excluding hydrogens is 1950 g/mol. The van der Waals surface area contributed by atoms with Crippen LogP contribution in [0.5, 0.6) is 0 Å². The second-order valence-corrected chi connectivity index (χ2v) is 38.7. The van der Waals surface area contributed by atoms with Crippen molar-refractivity contribution in [2.45, 2.75) is 323 Å². The minimum Gasteiger partial charge on any atom is -0.481 e. The fraction of sp³-hybridized carbons (Fsp3) is 0.657. The highest BCUT2D eigenvalue weighted by Gasteiger charge is 2.45. The molecule has 0 aliphatic carbocycles. The van der Waals surface area contributed by atoms with Crippen molar-refractivity contribution in [3.8, 4) is 0 Å². The smallest absolute Gasteiger partial charge is 0.303 e. The first kappa shape index (κ1) is 124. The Bertz CT molecular complexity index is 4890. The molecule has 3 saturated heterocycles. The van der Waals surface area contributed by atoms with Crippen LogP contribution in [-0.2, 0) is 104 Å². The minimum absolute atomic E-state index is 0.0161. The number of fused-ring (bicyclic) bond motifs is 2. The van der Waals surface area contributed by atoms with Crippen LogP contribution < -0.4 is 86.3 Å². The molecule has 0 saturated carbocycles. The van der Waals surface area contributed by atoms with Crippen molar-refractivity contribution >= 4 is 123 Å². The number of aliphatic hydroxyl groups excluding tert-OH is 6. The van der Waals surface area contributed by atoms with Gasteiger partial charge in [-0.05, 0) is 75.0 Å². The Hall–Kier alpha value is -12.6. The lowest BCUT2D eigenvalue weighted by molar-refractivity contribution is -0.143. The number of ether oxygens (including phenoxy) is 2. The second-order valence-electron chi connectivity index (χ2n) is 38.7. The summed E-state index contributed by atoms with van der Waals surface area (Å²) in [6.07, 6.45) is 11.0. The SMILES string of the molecule is CCCC[C@H](NC(=O)CN1CCN(C(=O)[C@H](CC2=CCC=N2)NC(=O)[C@H](CCC(N)=O)NC(=O)[C@H](CNC[C@H](O)[C@@H](O)[C@H](O)[C@H](O)CO)NC(=O)CNC(=O)COCCOCCNC(=O)CCCCCCCCCCCCCCCCC(=O)O)CC1)C(=O)N[C@H]1CCC(=O)CCCCC[C@@H](C(N)=O)NC(=O)[C@H](Cc2c[nH]c3ccccc23)NC(=O)[C@H](CCCNC(=N)N)NC(=O)[C@@H](Cc2ccccc2)NC(=O)[C@@H]2C[C@@H](O)CN2C1=O. The number of carboxylic acids is 1. The number of amides is 15. The number of unbranched alkanes of at least 4 members (excludes halogenated alkanes) is 14. The number of aromatic amines is 1. The van der Waals surface area contributed by atoms with E-state index in [4.69, 9.17) is 37.2 Å². The van der Waals surface area contributed by atoms with E-state index in [2.05, 4.69) is 79.1 Å². The molecule has 2 aromatic carbocycles. The number of Topliss-reactive ketones (excluding diaryl/α,β-unsaturated/α-hetero) is 1. The lowest BCUT2D eigenvalue weighted by Gasteiger charge is -2.36. The molecule has 1 aromatic heterocycles. The number of ketones is 1. The number of benzene rings is 2. The summed E-state index contributed by atoms with van der Waals surface area (Å²) in [5.74, 6) is -13.7. The molecule has 4 aliphatic rings. The first-order valence-electron chi connectivity index (χ1n) is 52.6. The summed E-state index contributed by atoms with van der Waals surface area (Å²) >= 11 is 0. The van der Waals surface area contributed by atoms with E-state index in [-0.39, 0.29) is 173 Å². The molecule has 0 unspecified atom stereocenters. The lowest BCUT2D eigenvalue weighted by Crippen LogP contribution is -2.61. The number of primary amides is 2. The van der Waals surface area contributed by atoms with Crippen molar-refractivity contribution < 1.29 is 127 Å². The number of carboxylic acid groups (broad SMARTS) is 1. The number of aliphatic imine (C=N–C) groups is 1. The fourth-order valence-corrected chi connectivity index (χ4v) is 18.0. The number of aliphatic carboxylic acids is 1. The van der Waals surface area contributed by atoms with Crippen molar-refractivity contribution in [1.82, 2.24) is 88.8 Å². The van der Waals surface area contributed by atoms with Crippen LogP contribution in [-0.4, -0.2) is 364 Å². The van der Waals surface area contributed by atoms with Crippen LogP contribution in [0.3, 0.4) is 0 Å². The first-order valence-corrected chi connectivity index (χ1v) is 52.6. The van der Waals surface area contributed by atoms with Gasteiger partial charge in [0.2, 0.25) is 88.6 Å². The molecule has 5 heterocycles. The van der Waals surface area contributed by atoms with Gasteiger partial charge in [0.05, 0.1) is 51.7 Å². The Morgan fingerprint density at radius 1 is 0.573 bits per heavy atom. The summed E-state index contributed by atoms with van der Waals surface area (Å²) in [5.41, 5.74) is 19.4. The monoisotopic (exact) mass is 2110 g/mol. The number of guanidine groups is 1. The molecule has 0 spiro atoms. The van der Waals surface area contributed by atoms with Crippen LogP contribution in [0.4, 0.5) is 0 Å². The van der Waals surface area contributed by atoms with Crippen LogP contribution in [0, 0.1) is 5.41 Å². The number of H-pyrrole nitrogens is 1. The Labute approximate surface area is 873 Å². The highest BCUT2D eigenvalue weighted by molar-refractivity contribution is 6.00. The quantitative estimate of drug-likeness (QED) is 0.0155. The molecule has 7 rings (SSSR count). The van der Waals surface area contributed by atoms with Gasteiger partial charge in [0, 0.05) is 152 Å². The molecular formula is C102H160N22O26. The van der Waals surface area contributed by atoms with E-state index in [9.17, 15) is 97.8 Å². The number of carbonyl (C=O) groups excluding carboxylic acids is 16. The summed E-state index contributed by atoms with van der Waals surface area (Å²) < 4.78 is 10.9. The predicted molar refractivity (Wildman–Crippen MR) is 551 cm³/mol. The van der Waals surface area contributed by atoms with Gasteiger partial charge < -0.3 is 146 Å². The van der Waals surface area contributed by atoms with Crippen molar-refractivity contribution in [2.75, 3.05) is 105 Å². The maximum Gasteiger partial charge on any atom is 0.303 e. The number of nitrogens with one attached hydrogen (secondary N) is 15. The molecule has 0 bridgehead atoms. The molecule has 4 aliphatic heterocycles. The first-order chi connectivity index (χ1) is 72.0. The molecule has 48 heteroatoms. The van der Waals surface area contributed by atoms with Gasteiger partial charge in [-0.25, -0.2) is 0 Å². The van der Waals surface area contributed by atoms with Crippen LogP contribution in [0.25, 0.3) is 10.9 Å². The topological polar surface area (TPSA) is 746 Å². The van der Waals surface area contributed by atoms with E-state index in [0.717, 1.165) is 73.6 Å². The number of carbonyl (C=O) groups is 17. The maximum atomic E-state index is 15.4. The van der Waals surface area contributed by atoms with Crippen molar-refractivity contribution in [2.24, 2.45) is 22.2 Å². The summed E-state index contributed by atoms with van der Waals surface area (Å²) in [6.45, 7) is -1.94. The average molecular weight is 2110 g/mol. The van der Waals surface area contributed by atoms with E-state index in [0.29, 0.717) is 48.9 Å². The normalized spacial score (nSPS) is 20.0. The largest absolute Gasteiger partial charge is 0.481 e. The van der Waals surface area contributed by atoms with Crippen molar-refractivity contribution in [3.63, 3.8) is 0 Å². The third-order valence-electron chi connectivity index (χ3n) is 26.5. The van der Waals surface area contributed by atoms with Gasteiger partial charge in [0.15, 0.2) is 5.96 Å². The molecule has 3 fully saturated rings. The Balaban J connectivity index is 0.972. The second kappa shape index (κ2) is 69.0. The van der Waals surface area contributed by atoms with Crippen molar-refractivity contribution in [1.29, 1.82) is 5.41 Å². The number of aliphatic hydroxyl groups is 6. The van der Waals surface area contributed by atoms with Crippen LogP contribution in [0.15, 0.2) is 77.6 Å². The van der Waals surface area contributed by atoms with Crippen LogP contribution >= 0.6 is 0 Å². The molecule has 0 radical (unpaired) electrons. The Morgan fingerprint density at radius 2 is 1.19 bits per heavy atom. The van der Waals surface area contributed by atoms with Gasteiger partial charge in [0.25, 0.3) is 0 Å². The standard InChI is InChI=1S/C102H160N22O26/c1-2-3-33-73(93(140)118-76-40-39-68(126)31-20-17-21-35-72(92(104)139)115-97(144)78(54-66-57-111-71-34-25-24-32-70(66)71)119-94(141)74(36-27-44-110-102(105)106)116-96(143)77(53-65-28-18-16-19-29-65)120-99(146)81-56-69(127)61-124(81)101(76)148)113-87(133)62-122-46-48-123(49-47-122)100(147)79(55-67-30-26-43-108-67)121-95(142)75(41-42-84(103)130)117-98(145)80(58-107-59-82(128)90(137)91(138)83(129)63-125)114-86(132)60-112-88(134)64-150-52-51-149-50-45-109-85(131)37-22-14-12-10-8-6-4-5-7-9-11-13-15-23-38-89(135)136/h16,18-19,24-25,28-30,32,34,43,57,69,72-83,90-91,107,111,125,127-129,137-138H,2-15,17,20-23,26-27,31,33,35-42,44-56,58-64H2,1H3,(H2,103,130)(H2,104,139)(H,109,131)(H,112,134)(H,113,133)(H,114,132)(H,115,144)(H,116,143)(H,117,145)(H,118,140)(H,119,141)(H,120,146)(H,121,142)(H,135,136)(H4,105,106,110)/t69-,72+,73+,74+,75+,76+,77-,78+,79+,80+,81+,82+,83-,90-,91-/m1/s1. The molecule has 150 heavy (non-hydrogen) atoms. The number of aromatic nitrogens is 1. The minimum atomic E-state index is -2.05. The van der Waals surface area contributed by atoms with Gasteiger partial charge in [-0.15, -0.1) is 0 Å². The van der Waals surface area contributed by atoms with Gasteiger partial charge >= 0.3 is 5.97 Å². The van der Waals surface area contributed by atoms with E-state index in [1.54, 1.807) is 59.8 Å². The summed E-state index contributed by atoms with van der Waals surface area (Å²) in [7, 11) is 0. The zero-order valence-electron chi connectivity index (χ0n) is 86.1. The van der Waals surface area contributed by atoms with E-state index in [1.165, 1.54) is 37.0 Å². The van der Waals surface area contributed by atoms with Gasteiger partial charge in [-0.1, -0.05) is 164 Å². The molecule has 834 valence electrons. The third-order valence-corrected chi connectivity index (χ3v) is 26.5. The highest BCUT2D eigenvalue weighted by Crippen LogP contribution is 2.26. The number of hydrogen-bond acceptors (Lipinski definition) is 29. The zero-order valence-corrected chi connectivity index (χ0v) is 86.1. The Kier molecular flexibility index (Phi) is 57.2. The average Bonchev–Trinajstić information content (AvgIpc) is 1.64. The molecule has 15 atom stereocenters. The predicted octanol–water partition coefficient (Wildman–Crippen LogP) is -2.69. The van der Waals surface area contributed by atoms with Gasteiger partial charge in [-0.3, -0.25) is 96.8 Å². The molecule has 15 amide bonds. The van der Waals surface area contributed by atoms with E-state index < -0.39 is 232 Å². The highest BCUT2D eigenvalue weighted by atomic mass is 16.5. The summed E-state index contributed by atoms with van der Waals surface area (Å²) in [5, 5.41) is 114. The number of nitrogens with two attached hydrogens (primary N) is 3. The lowest BCUT2D eigenvalue weighted by atomic mass is 10.00. The number of hydrogen-bond donors (Lipinski definition) is 25. The fourth-order valence-electron chi connectivity index (χ4n) is 18.0. The summed E-state index contributed by atoms with van der Waals surface area (Å²) in [6, 6.07) is 0.933. The van der Waals surface area contributed by atoms with Gasteiger partial charge in [-0.2, -0.15) is 0 Å². The Morgan fingerprint density at radius 3 is 1.85 bits per heavy atom. The van der Waals surface area contributed by atoms with E-state index in [1.807, 2.05) is 25.1 Å². The zero-order chi connectivity index (χ0) is 109. The third kappa shape index (κ3) is 46.9. The summed E-state index contributed by atoms with van der Waals surface area (Å²) in [4.78, 5) is 249. The molecule has 48 nitrogen and oxygen atoms in total. The molecule has 28 N–H and O–H groups in total. The van der Waals surface area contributed by atoms with Gasteiger partial charge in [0.1, 0.15) is 91.1 Å².